The molecule has 1 aliphatic rings. The van der Waals surface area contributed by atoms with Crippen LogP contribution in [0.5, 0.6) is 5.75 Å². The molecule has 0 atom stereocenters. The summed E-state index contributed by atoms with van der Waals surface area (Å²) in [5.74, 6) is -0.197. The fourth-order valence-corrected chi connectivity index (χ4v) is 2.41. The van der Waals surface area contributed by atoms with E-state index in [4.69, 9.17) is 5.73 Å². The van der Waals surface area contributed by atoms with Gasteiger partial charge in [0, 0.05) is 11.0 Å². The average Bonchev–Trinajstić information content (AvgIpc) is 2.95. The van der Waals surface area contributed by atoms with E-state index in [2.05, 4.69) is 4.74 Å². The van der Waals surface area contributed by atoms with Crippen LogP contribution in [0.3, 0.4) is 0 Å². The zero-order valence-corrected chi connectivity index (χ0v) is 10.3. The van der Waals surface area contributed by atoms with Crippen molar-refractivity contribution in [2.45, 2.75) is 44.0 Å². The van der Waals surface area contributed by atoms with E-state index in [0.29, 0.717) is 0 Å². The maximum absolute atomic E-state index is 12.0. The number of ether oxygens (including phenoxy) is 1. The Hall–Kier alpha value is -1.23. The van der Waals surface area contributed by atoms with Gasteiger partial charge in [0.15, 0.2) is 0 Å². The summed E-state index contributed by atoms with van der Waals surface area (Å²) in [6.07, 6.45) is -2.71. The zero-order chi connectivity index (χ0) is 13.6. The first-order valence-electron chi connectivity index (χ1n) is 5.79. The van der Waals surface area contributed by atoms with Crippen molar-refractivity contribution >= 4 is 0 Å². The molecule has 1 aromatic carbocycles. The lowest BCUT2D eigenvalue weighted by molar-refractivity contribution is -0.274. The molecule has 0 aromatic heterocycles. The molecule has 100 valence electrons. The molecule has 0 unspecified atom stereocenters. The molecule has 2 nitrogen and oxygen atoms in total. The van der Waals surface area contributed by atoms with Crippen LogP contribution in [-0.2, 0) is 5.41 Å². The van der Waals surface area contributed by atoms with Crippen molar-refractivity contribution in [1.29, 1.82) is 0 Å². The Morgan fingerprint density at radius 3 is 1.94 bits per heavy atom. The lowest BCUT2D eigenvalue weighted by Gasteiger charge is -2.31. The summed E-state index contributed by atoms with van der Waals surface area (Å²) in [6, 6.07) is 6.02. The summed E-state index contributed by atoms with van der Waals surface area (Å²) in [5.41, 5.74) is 6.63. The van der Waals surface area contributed by atoms with Crippen LogP contribution in [0.25, 0.3) is 0 Å². The van der Waals surface area contributed by atoms with Gasteiger partial charge in [0.2, 0.25) is 0 Å². The smallest absolute Gasteiger partial charge is 0.406 e. The zero-order valence-electron chi connectivity index (χ0n) is 10.3. The number of nitrogens with two attached hydrogens (primary N) is 1. The van der Waals surface area contributed by atoms with Crippen LogP contribution >= 0.6 is 0 Å². The van der Waals surface area contributed by atoms with E-state index in [0.717, 1.165) is 18.4 Å². The molecule has 2 N–H and O–H groups in total. The molecule has 1 fully saturated rings. The van der Waals surface area contributed by atoms with Crippen molar-refractivity contribution in [2.24, 2.45) is 5.73 Å². The van der Waals surface area contributed by atoms with Crippen LogP contribution < -0.4 is 10.5 Å². The molecule has 0 spiro atoms. The van der Waals surface area contributed by atoms with Crippen molar-refractivity contribution in [1.82, 2.24) is 0 Å². The summed E-state index contributed by atoms with van der Waals surface area (Å²) in [6.45, 7) is 3.89. The number of hydrogen-bond donors (Lipinski definition) is 1. The molecule has 1 aromatic rings. The predicted octanol–water partition coefficient (Wildman–Crippen LogP) is 3.35. The van der Waals surface area contributed by atoms with E-state index in [1.54, 1.807) is 12.1 Å². The standard InChI is InChI=1S/C13H16F3NO/c1-11(2,17)12(7-8-12)9-3-5-10(6-4-9)18-13(14,15)16/h3-6H,7-8,17H2,1-2H3. The van der Waals surface area contributed by atoms with E-state index in [9.17, 15) is 13.2 Å². The SMILES string of the molecule is CC(C)(N)C1(c2ccc(OC(F)(F)F)cc2)CC1. The van der Waals surface area contributed by atoms with E-state index in [-0.39, 0.29) is 16.7 Å². The number of alkyl halides is 3. The first kappa shape index (κ1) is 13.2. The number of benzene rings is 1. The maximum Gasteiger partial charge on any atom is 0.573 e. The molecular formula is C13H16F3NO. The van der Waals surface area contributed by atoms with E-state index in [1.807, 2.05) is 13.8 Å². The summed E-state index contributed by atoms with van der Waals surface area (Å²) in [7, 11) is 0. The highest BCUT2D eigenvalue weighted by Crippen LogP contribution is 2.54. The lowest BCUT2D eigenvalue weighted by Crippen LogP contribution is -2.45. The molecule has 1 aliphatic carbocycles. The van der Waals surface area contributed by atoms with E-state index < -0.39 is 6.36 Å². The van der Waals surface area contributed by atoms with Crippen LogP contribution in [0.1, 0.15) is 32.3 Å². The third-order valence-electron chi connectivity index (χ3n) is 3.62. The fourth-order valence-electron chi connectivity index (χ4n) is 2.41. The largest absolute Gasteiger partial charge is 0.573 e. The van der Waals surface area contributed by atoms with Crippen LogP contribution in [0.4, 0.5) is 13.2 Å². The van der Waals surface area contributed by atoms with Crippen LogP contribution in [0.2, 0.25) is 0 Å². The molecule has 5 heteroatoms. The second kappa shape index (κ2) is 3.88. The summed E-state index contributed by atoms with van der Waals surface area (Å²) in [4.78, 5) is 0. The highest BCUT2D eigenvalue weighted by molar-refractivity contribution is 5.39. The van der Waals surface area contributed by atoms with Gasteiger partial charge in [-0.05, 0) is 44.4 Å². The minimum absolute atomic E-state index is 0.107. The van der Waals surface area contributed by atoms with Crippen LogP contribution in [0, 0.1) is 0 Å². The molecule has 0 amide bonds. The molecule has 0 radical (unpaired) electrons. The van der Waals surface area contributed by atoms with Gasteiger partial charge in [-0.15, -0.1) is 13.2 Å². The van der Waals surface area contributed by atoms with Crippen molar-refractivity contribution in [2.75, 3.05) is 0 Å². The first-order valence-corrected chi connectivity index (χ1v) is 5.79. The molecule has 18 heavy (non-hydrogen) atoms. The third kappa shape index (κ3) is 2.46. The minimum Gasteiger partial charge on any atom is -0.406 e. The van der Waals surface area contributed by atoms with Gasteiger partial charge in [-0.2, -0.15) is 0 Å². The van der Waals surface area contributed by atoms with E-state index >= 15 is 0 Å². The molecule has 0 saturated heterocycles. The predicted molar refractivity (Wildman–Crippen MR) is 62.3 cm³/mol. The lowest BCUT2D eigenvalue weighted by atomic mass is 9.79. The number of halogens is 3. The Bertz CT molecular complexity index is 427. The minimum atomic E-state index is -4.65. The molecule has 0 heterocycles. The molecule has 2 rings (SSSR count). The van der Waals surface area contributed by atoms with Gasteiger partial charge in [-0.1, -0.05) is 12.1 Å². The van der Waals surface area contributed by atoms with Crippen molar-refractivity contribution in [3.8, 4) is 5.75 Å². The monoisotopic (exact) mass is 259 g/mol. The van der Waals surface area contributed by atoms with Gasteiger partial charge in [0.05, 0.1) is 0 Å². The van der Waals surface area contributed by atoms with Gasteiger partial charge >= 0.3 is 6.36 Å². The van der Waals surface area contributed by atoms with Gasteiger partial charge in [-0.25, -0.2) is 0 Å². The molecule has 0 aliphatic heterocycles. The highest BCUT2D eigenvalue weighted by atomic mass is 19.4. The van der Waals surface area contributed by atoms with Crippen LogP contribution in [-0.4, -0.2) is 11.9 Å². The third-order valence-corrected chi connectivity index (χ3v) is 3.62. The fraction of sp³-hybridized carbons (Fsp3) is 0.538. The van der Waals surface area contributed by atoms with Crippen molar-refractivity contribution in [3.63, 3.8) is 0 Å². The Morgan fingerprint density at radius 2 is 1.61 bits per heavy atom. The Balaban J connectivity index is 2.19. The second-order valence-corrected chi connectivity index (χ2v) is 5.38. The molecule has 1 saturated carbocycles. The van der Waals surface area contributed by atoms with Gasteiger partial charge < -0.3 is 10.5 Å². The Morgan fingerprint density at radius 1 is 1.11 bits per heavy atom. The molecule has 0 bridgehead atoms. The van der Waals surface area contributed by atoms with Crippen molar-refractivity contribution < 1.29 is 17.9 Å². The number of rotatable bonds is 3. The normalized spacial score (nSPS) is 18.6. The summed E-state index contributed by atoms with van der Waals surface area (Å²) in [5, 5.41) is 0. The summed E-state index contributed by atoms with van der Waals surface area (Å²) < 4.78 is 39.9. The quantitative estimate of drug-likeness (QED) is 0.903. The topological polar surface area (TPSA) is 35.2 Å². The maximum atomic E-state index is 12.0. The summed E-state index contributed by atoms with van der Waals surface area (Å²) >= 11 is 0. The second-order valence-electron chi connectivity index (χ2n) is 5.38. The van der Waals surface area contributed by atoms with Gasteiger partial charge in [-0.3, -0.25) is 0 Å². The van der Waals surface area contributed by atoms with Gasteiger partial charge in [0.25, 0.3) is 0 Å². The number of hydrogen-bond acceptors (Lipinski definition) is 2. The Kier molecular flexibility index (Phi) is 2.85. The average molecular weight is 259 g/mol. The highest BCUT2D eigenvalue weighted by Gasteiger charge is 2.53. The van der Waals surface area contributed by atoms with Crippen molar-refractivity contribution in [3.05, 3.63) is 29.8 Å². The van der Waals surface area contributed by atoms with Gasteiger partial charge in [0.1, 0.15) is 5.75 Å². The van der Waals surface area contributed by atoms with Crippen LogP contribution in [0.15, 0.2) is 24.3 Å². The first-order chi connectivity index (χ1) is 8.14. The molecular weight excluding hydrogens is 243 g/mol. The van der Waals surface area contributed by atoms with E-state index in [1.165, 1.54) is 12.1 Å². The Labute approximate surface area is 104 Å².